The number of aromatic nitrogens is 1. The molecule has 0 saturated heterocycles. The number of unbranched alkanes of at least 4 members (excludes halogenated alkanes) is 2. The van der Waals surface area contributed by atoms with Crippen molar-refractivity contribution >= 4 is 16.8 Å². The number of allylic oxidation sites excluding steroid dienone is 3. The Kier molecular flexibility index (Phi) is 6.18. The molecule has 0 atom stereocenters. The Hall–Kier alpha value is -2.62. The zero-order valence-corrected chi connectivity index (χ0v) is 12.4. The first kappa shape index (κ1) is 15.8. The molecule has 1 amide bonds. The zero-order valence-electron chi connectivity index (χ0n) is 12.4. The smallest absolute Gasteiger partial charge is 0.241 e. The number of amides is 1. The van der Waals surface area contributed by atoms with E-state index in [1.165, 1.54) is 6.08 Å². The van der Waals surface area contributed by atoms with Crippen molar-refractivity contribution in [3.63, 3.8) is 0 Å². The minimum absolute atomic E-state index is 0.430. The van der Waals surface area contributed by atoms with Gasteiger partial charge in [0.1, 0.15) is 0 Å². The maximum Gasteiger partial charge on any atom is 0.241 e. The number of pyridine rings is 1. The standard InChI is InChI=1S/C18H20N2O2/c19-17(21)11-5-3-1-2-4-8-14-22-18-13-12-15-9-6-7-10-16(15)20-18/h1,3,5-7,9-13H,2,4,8,14H2,(H2,19,21)/b3-1+,11-5+. The van der Waals surface area contributed by atoms with Crippen LogP contribution in [0.3, 0.4) is 0 Å². The SMILES string of the molecule is NC(=O)/C=C/C=C/CCCCOc1ccc2ccccc2n1. The summed E-state index contributed by atoms with van der Waals surface area (Å²) in [5.41, 5.74) is 5.93. The first-order valence-electron chi connectivity index (χ1n) is 7.37. The molecule has 2 rings (SSSR count). The summed E-state index contributed by atoms with van der Waals surface area (Å²) < 4.78 is 5.66. The summed E-state index contributed by atoms with van der Waals surface area (Å²) in [4.78, 5) is 14.9. The van der Waals surface area contributed by atoms with Crippen molar-refractivity contribution in [2.75, 3.05) is 6.61 Å². The summed E-state index contributed by atoms with van der Waals surface area (Å²) in [6.45, 7) is 0.649. The summed E-state index contributed by atoms with van der Waals surface area (Å²) in [6.07, 6.45) is 9.75. The molecule has 1 heterocycles. The van der Waals surface area contributed by atoms with Gasteiger partial charge in [-0.05, 0) is 31.4 Å². The van der Waals surface area contributed by atoms with E-state index < -0.39 is 5.91 Å². The lowest BCUT2D eigenvalue weighted by molar-refractivity contribution is -0.113. The third kappa shape index (κ3) is 5.40. The molecule has 4 heteroatoms. The van der Waals surface area contributed by atoms with E-state index in [0.717, 1.165) is 30.2 Å². The third-order valence-electron chi connectivity index (χ3n) is 3.10. The van der Waals surface area contributed by atoms with Crippen LogP contribution in [-0.4, -0.2) is 17.5 Å². The molecule has 0 radical (unpaired) electrons. The molecule has 0 aliphatic carbocycles. The minimum Gasteiger partial charge on any atom is -0.478 e. The fourth-order valence-electron chi connectivity index (χ4n) is 1.99. The van der Waals surface area contributed by atoms with E-state index in [-0.39, 0.29) is 0 Å². The molecule has 22 heavy (non-hydrogen) atoms. The molecule has 114 valence electrons. The molecule has 1 aromatic carbocycles. The predicted molar refractivity (Wildman–Crippen MR) is 88.6 cm³/mol. The first-order valence-corrected chi connectivity index (χ1v) is 7.37. The minimum atomic E-state index is -0.430. The lowest BCUT2D eigenvalue weighted by atomic mass is 10.2. The number of fused-ring (bicyclic) bond motifs is 1. The molecule has 0 aliphatic heterocycles. The number of benzene rings is 1. The molecule has 0 spiro atoms. The second-order valence-electron chi connectivity index (χ2n) is 4.88. The van der Waals surface area contributed by atoms with E-state index in [1.807, 2.05) is 48.6 Å². The Balaban J connectivity index is 1.66. The van der Waals surface area contributed by atoms with Gasteiger partial charge in [-0.25, -0.2) is 4.98 Å². The van der Waals surface area contributed by atoms with Crippen LogP contribution in [0, 0.1) is 0 Å². The van der Waals surface area contributed by atoms with Crippen LogP contribution >= 0.6 is 0 Å². The van der Waals surface area contributed by atoms with Gasteiger partial charge >= 0.3 is 0 Å². The lowest BCUT2D eigenvalue weighted by Crippen LogP contribution is -2.04. The van der Waals surface area contributed by atoms with Crippen LogP contribution in [0.2, 0.25) is 0 Å². The van der Waals surface area contributed by atoms with Gasteiger partial charge in [-0.3, -0.25) is 4.79 Å². The van der Waals surface area contributed by atoms with Gasteiger partial charge in [-0.1, -0.05) is 36.4 Å². The summed E-state index contributed by atoms with van der Waals surface area (Å²) >= 11 is 0. The third-order valence-corrected chi connectivity index (χ3v) is 3.10. The molecular weight excluding hydrogens is 276 g/mol. The second kappa shape index (κ2) is 8.62. The zero-order chi connectivity index (χ0) is 15.6. The number of carbonyl (C=O) groups excluding carboxylic acids is 1. The van der Waals surface area contributed by atoms with Crippen LogP contribution in [0.5, 0.6) is 5.88 Å². The number of nitrogens with zero attached hydrogens (tertiary/aromatic N) is 1. The first-order chi connectivity index (χ1) is 10.8. The maximum absolute atomic E-state index is 10.5. The number of primary amides is 1. The van der Waals surface area contributed by atoms with Gasteiger partial charge < -0.3 is 10.5 Å². The summed E-state index contributed by atoms with van der Waals surface area (Å²) in [7, 11) is 0. The van der Waals surface area contributed by atoms with Crippen LogP contribution < -0.4 is 10.5 Å². The molecular formula is C18H20N2O2. The highest BCUT2D eigenvalue weighted by molar-refractivity contribution is 5.85. The number of para-hydroxylation sites is 1. The molecule has 0 fully saturated rings. The van der Waals surface area contributed by atoms with Crippen LogP contribution in [-0.2, 0) is 4.79 Å². The molecule has 2 aromatic rings. The fourth-order valence-corrected chi connectivity index (χ4v) is 1.99. The molecule has 0 unspecified atom stereocenters. The Morgan fingerprint density at radius 3 is 2.86 bits per heavy atom. The van der Waals surface area contributed by atoms with Crippen molar-refractivity contribution in [1.29, 1.82) is 0 Å². The number of ether oxygens (including phenoxy) is 1. The number of carbonyl (C=O) groups is 1. The monoisotopic (exact) mass is 296 g/mol. The molecule has 0 aliphatic rings. The van der Waals surface area contributed by atoms with E-state index in [2.05, 4.69) is 4.98 Å². The van der Waals surface area contributed by atoms with E-state index in [4.69, 9.17) is 10.5 Å². The van der Waals surface area contributed by atoms with Crippen molar-refractivity contribution in [2.45, 2.75) is 19.3 Å². The van der Waals surface area contributed by atoms with Crippen LogP contribution in [0.1, 0.15) is 19.3 Å². The highest BCUT2D eigenvalue weighted by Crippen LogP contribution is 2.16. The molecule has 0 saturated carbocycles. The summed E-state index contributed by atoms with van der Waals surface area (Å²) in [5.74, 6) is 0.236. The Morgan fingerprint density at radius 2 is 2.00 bits per heavy atom. The fraction of sp³-hybridized carbons (Fsp3) is 0.222. The Bertz CT molecular complexity index is 678. The average Bonchev–Trinajstić information content (AvgIpc) is 2.53. The van der Waals surface area contributed by atoms with Crippen LogP contribution in [0.4, 0.5) is 0 Å². The predicted octanol–water partition coefficient (Wildman–Crippen LogP) is 3.38. The van der Waals surface area contributed by atoms with Crippen molar-refractivity contribution in [3.8, 4) is 5.88 Å². The van der Waals surface area contributed by atoms with Crippen molar-refractivity contribution in [3.05, 3.63) is 60.7 Å². The number of hydrogen-bond donors (Lipinski definition) is 1. The molecule has 1 aromatic heterocycles. The van der Waals surface area contributed by atoms with Crippen molar-refractivity contribution in [1.82, 2.24) is 4.98 Å². The van der Waals surface area contributed by atoms with Gasteiger partial charge in [-0.2, -0.15) is 0 Å². The van der Waals surface area contributed by atoms with Gasteiger partial charge in [-0.15, -0.1) is 0 Å². The highest BCUT2D eigenvalue weighted by Gasteiger charge is 1.98. The van der Waals surface area contributed by atoms with Gasteiger partial charge in [0.05, 0.1) is 12.1 Å². The topological polar surface area (TPSA) is 65.2 Å². The molecule has 4 nitrogen and oxygen atoms in total. The maximum atomic E-state index is 10.5. The van der Waals surface area contributed by atoms with E-state index >= 15 is 0 Å². The number of hydrogen-bond acceptors (Lipinski definition) is 3. The normalized spacial score (nSPS) is 11.5. The van der Waals surface area contributed by atoms with Gasteiger partial charge in [0.15, 0.2) is 0 Å². The van der Waals surface area contributed by atoms with Crippen LogP contribution in [0.25, 0.3) is 10.9 Å². The Labute approximate surface area is 130 Å². The molecule has 2 N–H and O–H groups in total. The Morgan fingerprint density at radius 1 is 1.14 bits per heavy atom. The number of nitrogens with two attached hydrogens (primary N) is 1. The van der Waals surface area contributed by atoms with Gasteiger partial charge in [0, 0.05) is 17.5 Å². The van der Waals surface area contributed by atoms with E-state index in [9.17, 15) is 4.79 Å². The summed E-state index contributed by atoms with van der Waals surface area (Å²) in [5, 5.41) is 1.11. The van der Waals surface area contributed by atoms with E-state index in [1.54, 1.807) is 6.08 Å². The van der Waals surface area contributed by atoms with Gasteiger partial charge in [0.2, 0.25) is 11.8 Å². The number of rotatable bonds is 8. The van der Waals surface area contributed by atoms with Gasteiger partial charge in [0.25, 0.3) is 0 Å². The van der Waals surface area contributed by atoms with Crippen LogP contribution in [0.15, 0.2) is 60.7 Å². The second-order valence-corrected chi connectivity index (χ2v) is 4.88. The molecule has 0 bridgehead atoms. The largest absolute Gasteiger partial charge is 0.478 e. The summed E-state index contributed by atoms with van der Waals surface area (Å²) in [6, 6.07) is 11.9. The van der Waals surface area contributed by atoms with Crippen molar-refractivity contribution in [2.24, 2.45) is 5.73 Å². The average molecular weight is 296 g/mol. The quantitative estimate of drug-likeness (QED) is 0.461. The van der Waals surface area contributed by atoms with E-state index in [0.29, 0.717) is 12.5 Å². The lowest BCUT2D eigenvalue weighted by Gasteiger charge is -2.05. The highest BCUT2D eigenvalue weighted by atomic mass is 16.5. The van der Waals surface area contributed by atoms with Crippen molar-refractivity contribution < 1.29 is 9.53 Å².